The van der Waals surface area contributed by atoms with Crippen molar-refractivity contribution in [3.63, 3.8) is 0 Å². The first-order valence-electron chi connectivity index (χ1n) is 10.2. The van der Waals surface area contributed by atoms with E-state index in [2.05, 4.69) is 10.2 Å². The number of hydrogen-bond acceptors (Lipinski definition) is 6. The fourth-order valence-corrected chi connectivity index (χ4v) is 5.16. The van der Waals surface area contributed by atoms with Crippen molar-refractivity contribution in [2.45, 2.75) is 19.2 Å². The van der Waals surface area contributed by atoms with Crippen LogP contribution >= 0.6 is 11.8 Å². The number of nitrogens with zero attached hydrogens (tertiary/aromatic N) is 2. The average Bonchev–Trinajstić information content (AvgIpc) is 3.27. The lowest BCUT2D eigenvalue weighted by atomic mass is 10.1. The first-order chi connectivity index (χ1) is 14.5. The maximum atomic E-state index is 12.4. The first-order valence-corrected chi connectivity index (χ1v) is 12.9. The van der Waals surface area contributed by atoms with Crippen molar-refractivity contribution in [1.29, 1.82) is 0 Å². The van der Waals surface area contributed by atoms with Crippen LogP contribution in [-0.4, -0.2) is 67.8 Å². The van der Waals surface area contributed by atoms with Gasteiger partial charge in [0.05, 0.1) is 17.8 Å². The fourth-order valence-electron chi connectivity index (χ4n) is 3.32. The molecule has 2 aromatic rings. The lowest BCUT2D eigenvalue weighted by Crippen LogP contribution is -2.48. The summed E-state index contributed by atoms with van der Waals surface area (Å²) in [7, 11) is -3.11. The number of piperazine rings is 1. The zero-order valence-corrected chi connectivity index (χ0v) is 18.9. The van der Waals surface area contributed by atoms with Crippen LogP contribution in [0.4, 0.5) is 0 Å². The molecule has 0 atom stereocenters. The van der Waals surface area contributed by atoms with E-state index >= 15 is 0 Å². The van der Waals surface area contributed by atoms with E-state index in [9.17, 15) is 13.2 Å². The Kier molecular flexibility index (Phi) is 8.38. The van der Waals surface area contributed by atoms with E-state index < -0.39 is 10.0 Å². The third-order valence-electron chi connectivity index (χ3n) is 5.04. The van der Waals surface area contributed by atoms with Crippen LogP contribution in [0, 0.1) is 0 Å². The van der Waals surface area contributed by atoms with E-state index in [1.165, 1.54) is 0 Å². The molecule has 0 unspecified atom stereocenters. The highest BCUT2D eigenvalue weighted by atomic mass is 32.2. The van der Waals surface area contributed by atoms with Crippen LogP contribution in [0.25, 0.3) is 0 Å². The molecule has 30 heavy (non-hydrogen) atoms. The SMILES string of the molecule is CCS(=O)(=O)N1CCN(Cc2cccc(C(=O)NCCSCc3ccco3)c2)CC1. The minimum atomic E-state index is -3.11. The van der Waals surface area contributed by atoms with Gasteiger partial charge in [-0.15, -0.1) is 0 Å². The van der Waals surface area contributed by atoms with E-state index in [1.54, 1.807) is 29.3 Å². The molecule has 1 aliphatic heterocycles. The highest BCUT2D eigenvalue weighted by molar-refractivity contribution is 7.98. The summed E-state index contributed by atoms with van der Waals surface area (Å²) >= 11 is 1.72. The number of carbonyl (C=O) groups is 1. The highest BCUT2D eigenvalue weighted by Crippen LogP contribution is 2.14. The summed E-state index contributed by atoms with van der Waals surface area (Å²) in [6.07, 6.45) is 1.66. The molecule has 1 aromatic heterocycles. The molecule has 1 aromatic carbocycles. The zero-order valence-electron chi connectivity index (χ0n) is 17.2. The Hall–Kier alpha value is -1.81. The number of furan rings is 1. The minimum absolute atomic E-state index is 0.0747. The van der Waals surface area contributed by atoms with Gasteiger partial charge in [0.2, 0.25) is 10.0 Å². The van der Waals surface area contributed by atoms with Crippen molar-refractivity contribution in [1.82, 2.24) is 14.5 Å². The van der Waals surface area contributed by atoms with Crippen LogP contribution in [0.5, 0.6) is 0 Å². The van der Waals surface area contributed by atoms with Crippen molar-refractivity contribution in [3.05, 3.63) is 59.5 Å². The van der Waals surface area contributed by atoms with Crippen molar-refractivity contribution in [2.24, 2.45) is 0 Å². The van der Waals surface area contributed by atoms with Crippen LogP contribution in [0.1, 0.15) is 28.6 Å². The van der Waals surface area contributed by atoms with Gasteiger partial charge in [-0.3, -0.25) is 9.69 Å². The van der Waals surface area contributed by atoms with Gasteiger partial charge in [-0.05, 0) is 36.8 Å². The molecule has 0 spiro atoms. The fraction of sp³-hybridized carbons (Fsp3) is 0.476. The second-order valence-corrected chi connectivity index (χ2v) is 10.5. The molecular weight excluding hydrogens is 422 g/mol. The highest BCUT2D eigenvalue weighted by Gasteiger charge is 2.25. The summed E-state index contributed by atoms with van der Waals surface area (Å²) in [5.41, 5.74) is 1.71. The van der Waals surface area contributed by atoms with E-state index in [1.807, 2.05) is 36.4 Å². The van der Waals surface area contributed by atoms with Gasteiger partial charge in [0.1, 0.15) is 5.76 Å². The van der Waals surface area contributed by atoms with Crippen molar-refractivity contribution in [3.8, 4) is 0 Å². The van der Waals surface area contributed by atoms with E-state index in [0.717, 1.165) is 22.8 Å². The summed E-state index contributed by atoms with van der Waals surface area (Å²) in [5, 5.41) is 2.96. The molecule has 1 amide bonds. The molecule has 1 fully saturated rings. The molecule has 0 radical (unpaired) electrons. The lowest BCUT2D eigenvalue weighted by molar-refractivity contribution is 0.0956. The number of benzene rings is 1. The van der Waals surface area contributed by atoms with Crippen LogP contribution in [-0.2, 0) is 22.3 Å². The first kappa shape index (κ1) is 22.9. The smallest absolute Gasteiger partial charge is 0.251 e. The molecule has 0 bridgehead atoms. The molecule has 0 saturated carbocycles. The van der Waals surface area contributed by atoms with Gasteiger partial charge >= 0.3 is 0 Å². The summed E-state index contributed by atoms with van der Waals surface area (Å²) in [6.45, 7) is 5.42. The standard InChI is InChI=1S/C21H29N3O4S2/c1-2-30(26,27)24-11-9-23(10-12-24)16-18-5-3-6-19(15-18)21(25)22-8-14-29-17-20-7-4-13-28-20/h3-7,13,15H,2,8-12,14,16-17H2,1H3,(H,22,25). The van der Waals surface area contributed by atoms with Gasteiger partial charge in [0, 0.05) is 50.6 Å². The molecule has 2 heterocycles. The normalized spacial score (nSPS) is 15.9. The number of carbonyl (C=O) groups excluding carboxylic acids is 1. The molecular formula is C21H29N3O4S2. The van der Waals surface area contributed by atoms with Gasteiger partial charge in [-0.25, -0.2) is 8.42 Å². The quantitative estimate of drug-likeness (QED) is 0.559. The number of amides is 1. The summed E-state index contributed by atoms with van der Waals surface area (Å²) < 4.78 is 30.8. The Morgan fingerprint density at radius 3 is 2.67 bits per heavy atom. The minimum Gasteiger partial charge on any atom is -0.468 e. The number of thioether (sulfide) groups is 1. The molecule has 0 aliphatic carbocycles. The molecule has 7 nitrogen and oxygen atoms in total. The van der Waals surface area contributed by atoms with Gasteiger partial charge in [0.15, 0.2) is 0 Å². The monoisotopic (exact) mass is 451 g/mol. The molecule has 1 aliphatic rings. The predicted octanol–water partition coefficient (Wildman–Crippen LogP) is 2.41. The molecule has 1 N–H and O–H groups in total. The molecule has 164 valence electrons. The largest absolute Gasteiger partial charge is 0.468 e. The average molecular weight is 452 g/mol. The number of hydrogen-bond donors (Lipinski definition) is 1. The number of nitrogens with one attached hydrogen (secondary N) is 1. The number of rotatable bonds is 10. The van der Waals surface area contributed by atoms with Crippen LogP contribution in [0.15, 0.2) is 47.1 Å². The van der Waals surface area contributed by atoms with E-state index in [4.69, 9.17) is 4.42 Å². The van der Waals surface area contributed by atoms with Crippen molar-refractivity contribution in [2.75, 3.05) is 44.2 Å². The maximum absolute atomic E-state index is 12.4. The maximum Gasteiger partial charge on any atom is 0.251 e. The van der Waals surface area contributed by atoms with Crippen molar-refractivity contribution >= 4 is 27.7 Å². The van der Waals surface area contributed by atoms with Crippen LogP contribution in [0.2, 0.25) is 0 Å². The van der Waals surface area contributed by atoms with Crippen LogP contribution in [0.3, 0.4) is 0 Å². The van der Waals surface area contributed by atoms with Crippen LogP contribution < -0.4 is 5.32 Å². The third kappa shape index (κ3) is 6.60. The topological polar surface area (TPSA) is 82.9 Å². The molecule has 1 saturated heterocycles. The summed E-state index contributed by atoms with van der Waals surface area (Å²) in [5.74, 6) is 2.62. The van der Waals surface area contributed by atoms with Gasteiger partial charge in [-0.2, -0.15) is 16.1 Å². The molecule has 3 rings (SSSR count). The summed E-state index contributed by atoms with van der Waals surface area (Å²) in [6, 6.07) is 11.5. The Balaban J connectivity index is 1.42. The summed E-state index contributed by atoms with van der Waals surface area (Å²) in [4.78, 5) is 14.7. The Morgan fingerprint density at radius 2 is 1.97 bits per heavy atom. The zero-order chi connectivity index (χ0) is 21.4. The van der Waals surface area contributed by atoms with Crippen molar-refractivity contribution < 1.29 is 17.6 Å². The predicted molar refractivity (Wildman–Crippen MR) is 120 cm³/mol. The molecule has 9 heteroatoms. The third-order valence-corrected chi connectivity index (χ3v) is 7.90. The van der Waals surface area contributed by atoms with E-state index in [0.29, 0.717) is 44.8 Å². The second-order valence-electron chi connectivity index (χ2n) is 7.16. The Morgan fingerprint density at radius 1 is 1.17 bits per heavy atom. The van der Waals surface area contributed by atoms with Gasteiger partial charge < -0.3 is 9.73 Å². The van der Waals surface area contributed by atoms with Gasteiger partial charge in [-0.1, -0.05) is 12.1 Å². The Labute approximate surface area is 182 Å². The van der Waals surface area contributed by atoms with E-state index in [-0.39, 0.29) is 11.7 Å². The lowest BCUT2D eigenvalue weighted by Gasteiger charge is -2.33. The number of sulfonamides is 1. The second kappa shape index (κ2) is 11.0. The van der Waals surface area contributed by atoms with Gasteiger partial charge in [0.25, 0.3) is 5.91 Å². The Bertz CT molecular complexity index is 908.